The molecule has 3 nitrogen and oxygen atoms in total. The highest BCUT2D eigenvalue weighted by Gasteiger charge is 2.07. The van der Waals surface area contributed by atoms with Gasteiger partial charge in [0, 0.05) is 27.2 Å². The molecule has 0 fully saturated rings. The summed E-state index contributed by atoms with van der Waals surface area (Å²) in [6, 6.07) is 13.2. The highest BCUT2D eigenvalue weighted by Crippen LogP contribution is 2.35. The number of thiophene rings is 1. The number of benzene rings is 1. The second-order valence-corrected chi connectivity index (χ2v) is 5.78. The number of amides is 1. The van der Waals surface area contributed by atoms with Gasteiger partial charge in [-0.05, 0) is 24.3 Å². The Kier molecular flexibility index (Phi) is 3.99. The summed E-state index contributed by atoms with van der Waals surface area (Å²) >= 11 is 7.87. The van der Waals surface area contributed by atoms with Crippen LogP contribution in [0.15, 0.2) is 54.7 Å². The Hall–Kier alpha value is -2.17. The summed E-state index contributed by atoms with van der Waals surface area (Å²) in [5.74, 6) is 0.289. The molecule has 0 aliphatic carbocycles. The van der Waals surface area contributed by atoms with Crippen LogP contribution in [0.3, 0.4) is 0 Å². The van der Waals surface area contributed by atoms with Crippen molar-refractivity contribution in [1.82, 2.24) is 4.98 Å². The minimum Gasteiger partial charge on any atom is -0.307 e. The third-order valence-corrected chi connectivity index (χ3v) is 4.52. The quantitative estimate of drug-likeness (QED) is 0.718. The Balaban J connectivity index is 1.78. The van der Waals surface area contributed by atoms with Crippen LogP contribution in [0.4, 0.5) is 5.82 Å². The maximum Gasteiger partial charge on any atom is 0.249 e. The van der Waals surface area contributed by atoms with Gasteiger partial charge in [-0.25, -0.2) is 4.98 Å². The number of rotatable bonds is 3. The van der Waals surface area contributed by atoms with Crippen LogP contribution < -0.4 is 5.32 Å². The zero-order chi connectivity index (χ0) is 14.7. The lowest BCUT2D eigenvalue weighted by Gasteiger charge is -1.98. The summed E-state index contributed by atoms with van der Waals surface area (Å²) in [5.41, 5.74) is 0. The summed E-state index contributed by atoms with van der Waals surface area (Å²) in [5, 5.41) is 4.38. The van der Waals surface area contributed by atoms with Crippen molar-refractivity contribution in [2.24, 2.45) is 0 Å². The van der Waals surface area contributed by atoms with Gasteiger partial charge in [0.1, 0.15) is 5.82 Å². The first-order chi connectivity index (χ1) is 10.2. The van der Waals surface area contributed by atoms with E-state index >= 15 is 0 Å². The fraction of sp³-hybridized carbons (Fsp3) is 0. The van der Waals surface area contributed by atoms with E-state index in [9.17, 15) is 4.79 Å². The van der Waals surface area contributed by atoms with Crippen LogP contribution in [-0.2, 0) is 4.79 Å². The van der Waals surface area contributed by atoms with Crippen molar-refractivity contribution in [3.8, 4) is 0 Å². The van der Waals surface area contributed by atoms with Gasteiger partial charge in [0.15, 0.2) is 0 Å². The van der Waals surface area contributed by atoms with E-state index in [1.165, 1.54) is 6.08 Å². The van der Waals surface area contributed by atoms with Gasteiger partial charge < -0.3 is 5.32 Å². The second-order valence-electron chi connectivity index (χ2n) is 4.31. The lowest BCUT2D eigenvalue weighted by molar-refractivity contribution is -0.111. The first-order valence-electron chi connectivity index (χ1n) is 6.31. The van der Waals surface area contributed by atoms with E-state index in [2.05, 4.69) is 10.3 Å². The molecule has 1 amide bonds. The van der Waals surface area contributed by atoms with Crippen LogP contribution >= 0.6 is 22.9 Å². The SMILES string of the molecule is O=C(/C=C/c1sc2ccccc2c1Cl)Nc1ccccn1. The Bertz CT molecular complexity index is 812. The number of carbonyl (C=O) groups excluding carboxylic acids is 1. The molecule has 2 heterocycles. The predicted octanol–water partition coefficient (Wildman–Crippen LogP) is 4.60. The molecule has 21 heavy (non-hydrogen) atoms. The van der Waals surface area contributed by atoms with Crippen LogP contribution in [0.2, 0.25) is 5.02 Å². The van der Waals surface area contributed by atoms with Crippen LogP contribution in [0.25, 0.3) is 16.2 Å². The average molecular weight is 315 g/mol. The average Bonchev–Trinajstić information content (AvgIpc) is 2.83. The van der Waals surface area contributed by atoms with Crippen molar-refractivity contribution in [2.45, 2.75) is 0 Å². The van der Waals surface area contributed by atoms with E-state index < -0.39 is 0 Å². The molecule has 0 unspecified atom stereocenters. The summed E-state index contributed by atoms with van der Waals surface area (Å²) in [4.78, 5) is 16.7. The van der Waals surface area contributed by atoms with Gasteiger partial charge in [-0.3, -0.25) is 4.79 Å². The smallest absolute Gasteiger partial charge is 0.249 e. The molecule has 3 rings (SSSR count). The van der Waals surface area contributed by atoms with Crippen molar-refractivity contribution in [2.75, 3.05) is 5.32 Å². The largest absolute Gasteiger partial charge is 0.307 e. The molecule has 0 spiro atoms. The number of fused-ring (bicyclic) bond motifs is 1. The minimum atomic E-state index is -0.234. The number of hydrogen-bond donors (Lipinski definition) is 1. The summed E-state index contributed by atoms with van der Waals surface area (Å²) in [7, 11) is 0. The minimum absolute atomic E-state index is 0.234. The molecule has 0 saturated carbocycles. The molecule has 1 aromatic carbocycles. The molecule has 0 radical (unpaired) electrons. The van der Waals surface area contributed by atoms with E-state index in [1.807, 2.05) is 30.3 Å². The highest BCUT2D eigenvalue weighted by atomic mass is 35.5. The maximum atomic E-state index is 11.8. The van der Waals surface area contributed by atoms with E-state index in [4.69, 9.17) is 11.6 Å². The van der Waals surface area contributed by atoms with E-state index in [0.717, 1.165) is 15.0 Å². The zero-order valence-corrected chi connectivity index (χ0v) is 12.5. The molecule has 0 saturated heterocycles. The van der Waals surface area contributed by atoms with Crippen molar-refractivity contribution >= 4 is 50.8 Å². The molecular weight excluding hydrogens is 304 g/mol. The lowest BCUT2D eigenvalue weighted by Crippen LogP contribution is -2.08. The molecule has 3 aromatic rings. The van der Waals surface area contributed by atoms with Crippen LogP contribution in [0.5, 0.6) is 0 Å². The van der Waals surface area contributed by atoms with E-state index in [1.54, 1.807) is 35.7 Å². The number of nitrogens with zero attached hydrogens (tertiary/aromatic N) is 1. The Morgan fingerprint density at radius 3 is 2.76 bits per heavy atom. The molecule has 0 bridgehead atoms. The van der Waals surface area contributed by atoms with Gasteiger partial charge in [-0.1, -0.05) is 35.9 Å². The number of nitrogens with one attached hydrogen (secondary N) is 1. The van der Waals surface area contributed by atoms with E-state index in [0.29, 0.717) is 10.8 Å². The van der Waals surface area contributed by atoms with Gasteiger partial charge in [0.05, 0.1) is 5.02 Å². The van der Waals surface area contributed by atoms with Crippen LogP contribution in [0.1, 0.15) is 4.88 Å². The van der Waals surface area contributed by atoms with Gasteiger partial charge in [-0.15, -0.1) is 11.3 Å². The van der Waals surface area contributed by atoms with E-state index in [-0.39, 0.29) is 5.91 Å². The first-order valence-corrected chi connectivity index (χ1v) is 7.50. The number of anilines is 1. The van der Waals surface area contributed by atoms with Crippen molar-refractivity contribution < 1.29 is 4.79 Å². The Morgan fingerprint density at radius 2 is 2.00 bits per heavy atom. The van der Waals surface area contributed by atoms with Gasteiger partial charge in [-0.2, -0.15) is 0 Å². The van der Waals surface area contributed by atoms with Gasteiger partial charge >= 0.3 is 0 Å². The normalized spacial score (nSPS) is 11.1. The molecule has 0 aliphatic rings. The van der Waals surface area contributed by atoms with Crippen molar-refractivity contribution in [1.29, 1.82) is 0 Å². The van der Waals surface area contributed by atoms with Crippen LogP contribution in [0, 0.1) is 0 Å². The molecular formula is C16H11ClN2OS. The predicted molar refractivity (Wildman–Crippen MR) is 88.7 cm³/mol. The second kappa shape index (κ2) is 6.08. The summed E-state index contributed by atoms with van der Waals surface area (Å²) in [6.07, 6.45) is 4.82. The molecule has 2 aromatic heterocycles. The fourth-order valence-electron chi connectivity index (χ4n) is 1.90. The number of hydrogen-bond acceptors (Lipinski definition) is 3. The highest BCUT2D eigenvalue weighted by molar-refractivity contribution is 7.20. The molecule has 5 heteroatoms. The number of pyridine rings is 1. The third kappa shape index (κ3) is 3.12. The first kappa shape index (κ1) is 13.8. The molecule has 0 atom stereocenters. The fourth-order valence-corrected chi connectivity index (χ4v) is 3.29. The monoisotopic (exact) mass is 314 g/mol. The van der Waals surface area contributed by atoms with Crippen molar-refractivity contribution in [3.05, 3.63) is 64.6 Å². The summed E-state index contributed by atoms with van der Waals surface area (Å²) in [6.45, 7) is 0. The number of aromatic nitrogens is 1. The lowest BCUT2D eigenvalue weighted by atomic mass is 10.2. The van der Waals surface area contributed by atoms with Crippen molar-refractivity contribution in [3.63, 3.8) is 0 Å². The van der Waals surface area contributed by atoms with Crippen LogP contribution in [-0.4, -0.2) is 10.9 Å². The topological polar surface area (TPSA) is 42.0 Å². The zero-order valence-electron chi connectivity index (χ0n) is 10.9. The summed E-state index contributed by atoms with van der Waals surface area (Å²) < 4.78 is 1.10. The maximum absolute atomic E-state index is 11.8. The molecule has 1 N–H and O–H groups in total. The number of carbonyl (C=O) groups is 1. The molecule has 0 aliphatic heterocycles. The molecule has 104 valence electrons. The standard InChI is InChI=1S/C16H11ClN2OS/c17-16-11-5-1-2-6-12(11)21-13(16)8-9-15(20)19-14-7-3-4-10-18-14/h1-10H,(H,18,19,20)/b9-8+. The van der Waals surface area contributed by atoms with Gasteiger partial charge in [0.2, 0.25) is 5.91 Å². The third-order valence-electron chi connectivity index (χ3n) is 2.86. The Morgan fingerprint density at radius 1 is 1.19 bits per heavy atom. The van der Waals surface area contributed by atoms with Gasteiger partial charge in [0.25, 0.3) is 0 Å². The Labute approximate surface area is 130 Å². The number of halogens is 1.